The van der Waals surface area contributed by atoms with Gasteiger partial charge in [0.05, 0.1) is 0 Å². The lowest BCUT2D eigenvalue weighted by Gasteiger charge is -1.58. The van der Waals surface area contributed by atoms with Crippen LogP contribution in [0.25, 0.3) is 0 Å². The van der Waals surface area contributed by atoms with E-state index in [2.05, 4.69) is 4.36 Å². The van der Waals surface area contributed by atoms with E-state index in [0.717, 1.165) is 0 Å². The van der Waals surface area contributed by atoms with Crippen LogP contribution >= 0.6 is 0 Å². The third-order valence-electron chi connectivity index (χ3n) is 0.0816. The molecular weight excluding hydrogens is 74.1 g/mol. The molecule has 0 aliphatic heterocycles. The van der Waals surface area contributed by atoms with E-state index in [9.17, 15) is 0 Å². The molecule has 0 heterocycles. The molecule has 0 saturated heterocycles. The fourth-order valence-electron chi connectivity index (χ4n) is 0. The summed E-state index contributed by atoms with van der Waals surface area (Å²) in [7, 11) is 1.48. The molecule has 0 saturated carbocycles. The van der Waals surface area contributed by atoms with E-state index >= 15 is 0 Å². The molecule has 26 valence electrons. The topological polar surface area (TPSA) is 29.4 Å². The number of nitrogens with zero attached hydrogens (tertiary/aromatic N) is 1. The molecule has 0 unspecified atom stereocenters. The van der Waals surface area contributed by atoms with Crippen molar-refractivity contribution >= 4 is 11.5 Å². The predicted molar refractivity (Wildman–Crippen MR) is 17.8 cm³/mol. The summed E-state index contributed by atoms with van der Waals surface area (Å²) in [5.41, 5.74) is 0. The van der Waals surface area contributed by atoms with Crippen molar-refractivity contribution in [2.75, 3.05) is 7.05 Å². The zero-order chi connectivity index (χ0) is 3.41. The maximum Gasteiger partial charge on any atom is 0.000515 e. The fourth-order valence-corrected chi connectivity index (χ4v) is 0. The minimum Gasteiger partial charge on any atom is -0.447 e. The van der Waals surface area contributed by atoms with Crippen LogP contribution in [-0.4, -0.2) is 7.05 Å². The molecule has 0 aromatic heterocycles. The van der Waals surface area contributed by atoms with Crippen molar-refractivity contribution in [2.45, 2.75) is 0 Å². The Morgan fingerprint density at radius 2 is 2.25 bits per heavy atom. The highest BCUT2D eigenvalue weighted by molar-refractivity contribution is 7.54. The van der Waals surface area contributed by atoms with Crippen molar-refractivity contribution < 1.29 is 4.21 Å². The normalized spacial score (nSPS) is 6.25. The second-order valence-electron chi connectivity index (χ2n) is 0.282. The lowest BCUT2D eigenvalue weighted by atomic mass is 11.6. The van der Waals surface area contributed by atoms with Crippen LogP contribution in [-0.2, 0) is 15.7 Å². The lowest BCUT2D eigenvalue weighted by molar-refractivity contribution is 0.608. The molecule has 2 nitrogen and oxygen atoms in total. The molecule has 0 rings (SSSR count). The van der Waals surface area contributed by atoms with Gasteiger partial charge in [-0.15, -0.1) is 0 Å². The van der Waals surface area contributed by atoms with Gasteiger partial charge in [0.1, 0.15) is 0 Å². The molecule has 0 bridgehead atoms. The summed E-state index contributed by atoms with van der Waals surface area (Å²) >= 11 is -0.127. The zero-order valence-electron chi connectivity index (χ0n) is 2.30. The molecule has 0 fully saturated rings. The molecule has 3 heteroatoms. The van der Waals surface area contributed by atoms with Crippen molar-refractivity contribution in [1.82, 2.24) is 0 Å². The molecule has 0 radical (unpaired) electrons. The Kier molecular flexibility index (Phi) is 2.91. The van der Waals surface area contributed by atoms with Crippen LogP contribution in [0.4, 0.5) is 0 Å². The van der Waals surface area contributed by atoms with Gasteiger partial charge in [0, 0.05) is 7.05 Å². The Hall–Kier alpha value is -0.0500. The summed E-state index contributed by atoms with van der Waals surface area (Å²) in [6.45, 7) is 0. The quantitative estimate of drug-likeness (QED) is 0.295. The van der Waals surface area contributed by atoms with Crippen LogP contribution in [0.15, 0.2) is 4.36 Å². The summed E-state index contributed by atoms with van der Waals surface area (Å²) in [6, 6.07) is 0. The second-order valence-corrected chi connectivity index (χ2v) is 0.845. The van der Waals surface area contributed by atoms with E-state index in [1.54, 1.807) is 0 Å². The van der Waals surface area contributed by atoms with E-state index in [-0.39, 0.29) is 11.5 Å². The number of rotatable bonds is 0. The molecule has 0 aromatic carbocycles. The monoisotopic (exact) mass is 78.0 g/mol. The highest BCUT2D eigenvalue weighted by Crippen LogP contribution is 1.34. The maximum atomic E-state index is 9.10. The largest absolute Gasteiger partial charge is 0.447 e. The van der Waals surface area contributed by atoms with E-state index in [1.165, 1.54) is 7.05 Å². The summed E-state index contributed by atoms with van der Waals surface area (Å²) in [6.07, 6.45) is 0. The lowest BCUT2D eigenvalue weighted by Crippen LogP contribution is -1.30. The molecular formula is CH4NOS-. The molecule has 0 N–H and O–H groups in total. The summed E-state index contributed by atoms with van der Waals surface area (Å²) in [5.74, 6) is 0. The summed E-state index contributed by atoms with van der Waals surface area (Å²) < 4.78 is 12.3. The number of thiol groups is 1. The van der Waals surface area contributed by atoms with Gasteiger partial charge in [-0.25, -0.2) is 11.5 Å². The van der Waals surface area contributed by atoms with Crippen molar-refractivity contribution in [3.8, 4) is 0 Å². The molecule has 0 aliphatic rings. The standard InChI is InChI=1S/CH4NOS/c1-2-4-3/h4H,1H3/q-1. The molecule has 0 spiro atoms. The Morgan fingerprint density at radius 3 is 2.25 bits per heavy atom. The first-order chi connectivity index (χ1) is 1.91. The highest BCUT2D eigenvalue weighted by atomic mass is 32.1. The van der Waals surface area contributed by atoms with Gasteiger partial charge in [-0.2, -0.15) is 0 Å². The Morgan fingerprint density at radius 1 is 2.00 bits per heavy atom. The summed E-state index contributed by atoms with van der Waals surface area (Å²) in [5, 5.41) is 0. The van der Waals surface area contributed by atoms with Crippen molar-refractivity contribution in [1.29, 1.82) is 0 Å². The van der Waals surface area contributed by atoms with E-state index < -0.39 is 0 Å². The van der Waals surface area contributed by atoms with Crippen LogP contribution in [0.5, 0.6) is 0 Å². The maximum absolute atomic E-state index is 9.10. The summed E-state index contributed by atoms with van der Waals surface area (Å²) in [4.78, 5) is 0. The number of hydrogen-bond acceptors (Lipinski definition) is 3. The predicted octanol–water partition coefficient (Wildman–Crippen LogP) is -0.0398. The Balaban J connectivity index is 3.11. The van der Waals surface area contributed by atoms with E-state index in [0.29, 0.717) is 0 Å². The van der Waals surface area contributed by atoms with Crippen molar-refractivity contribution in [2.24, 2.45) is 4.36 Å². The third kappa shape index (κ3) is 1.95. The van der Waals surface area contributed by atoms with Gasteiger partial charge >= 0.3 is 0 Å². The van der Waals surface area contributed by atoms with Gasteiger partial charge in [-0.3, -0.25) is 0 Å². The highest BCUT2D eigenvalue weighted by Gasteiger charge is 1.07. The van der Waals surface area contributed by atoms with Crippen LogP contribution in [0.2, 0.25) is 0 Å². The minimum absolute atomic E-state index is 0.127. The van der Waals surface area contributed by atoms with Gasteiger partial charge in [0.25, 0.3) is 0 Å². The third-order valence-corrected chi connectivity index (χ3v) is 0.245. The van der Waals surface area contributed by atoms with Gasteiger partial charge in [0.2, 0.25) is 0 Å². The van der Waals surface area contributed by atoms with E-state index in [1.807, 2.05) is 0 Å². The number of hydrogen-bond donors (Lipinski definition) is 0. The fraction of sp³-hybridized carbons (Fsp3) is 1.00. The molecule has 0 amide bonds. The first-order valence-corrected chi connectivity index (χ1v) is 1.59. The Bertz CT molecular complexity index is 46.0. The smallest absolute Gasteiger partial charge is 0.000515 e. The van der Waals surface area contributed by atoms with Crippen LogP contribution in [0, 0.1) is 0 Å². The Labute approximate surface area is 28.1 Å². The van der Waals surface area contributed by atoms with Crippen LogP contribution < -0.4 is 0 Å². The van der Waals surface area contributed by atoms with Crippen LogP contribution in [0.3, 0.4) is 0 Å². The van der Waals surface area contributed by atoms with Crippen molar-refractivity contribution in [3.05, 3.63) is 0 Å². The average Bonchev–Trinajstić information content (AvgIpc) is 1.37. The molecule has 0 atom stereocenters. The minimum atomic E-state index is -0.127. The first-order valence-electron chi connectivity index (χ1n) is 0.830. The SMILES string of the molecule is CN=[SH-]=O. The zero-order valence-corrected chi connectivity index (χ0v) is 3.20. The van der Waals surface area contributed by atoms with Gasteiger partial charge in [-0.05, 0) is 0 Å². The molecule has 0 aromatic rings. The molecule has 4 heavy (non-hydrogen) atoms. The van der Waals surface area contributed by atoms with Gasteiger partial charge < -0.3 is 8.57 Å². The first kappa shape index (κ1) is 3.95. The van der Waals surface area contributed by atoms with Gasteiger partial charge in [-0.1, -0.05) is 0 Å². The van der Waals surface area contributed by atoms with E-state index in [4.69, 9.17) is 4.21 Å². The van der Waals surface area contributed by atoms with Gasteiger partial charge in [0.15, 0.2) is 0 Å². The average molecular weight is 78.1 g/mol. The van der Waals surface area contributed by atoms with Crippen molar-refractivity contribution in [3.63, 3.8) is 0 Å². The molecule has 0 aliphatic carbocycles. The van der Waals surface area contributed by atoms with Crippen LogP contribution in [0.1, 0.15) is 0 Å². The second kappa shape index (κ2) is 2.95.